The summed E-state index contributed by atoms with van der Waals surface area (Å²) in [5, 5.41) is 3.36. The minimum Gasteiger partial charge on any atom is -0.467 e. The molecule has 7 nitrogen and oxygen atoms in total. The van der Waals surface area contributed by atoms with Crippen molar-refractivity contribution < 1.29 is 13.5 Å². The molecule has 0 saturated heterocycles. The molecule has 3 rings (SSSR count). The summed E-state index contributed by atoms with van der Waals surface area (Å²) in [5.74, 6) is 0.593. The predicted molar refractivity (Wildman–Crippen MR) is 93.1 cm³/mol. The number of nitrogens with two attached hydrogens (primary N) is 1. The van der Waals surface area contributed by atoms with E-state index < -0.39 is 5.82 Å². The third-order valence-electron chi connectivity index (χ3n) is 3.90. The van der Waals surface area contributed by atoms with Crippen LogP contribution in [-0.2, 0) is 24.8 Å². The zero-order chi connectivity index (χ0) is 18.0. The number of hydrogen-bond acceptors (Lipinski definition) is 6. The number of fused-ring (bicyclic) bond motifs is 1. The Bertz CT molecular complexity index is 865. The average molecular weight is 368 g/mol. The Kier molecular flexibility index (Phi) is 5.22. The van der Waals surface area contributed by atoms with Crippen LogP contribution in [0.15, 0.2) is 22.8 Å². The van der Waals surface area contributed by atoms with Gasteiger partial charge in [0.15, 0.2) is 5.82 Å². The van der Waals surface area contributed by atoms with Crippen LogP contribution in [0.25, 0.3) is 11.0 Å². The van der Waals surface area contributed by atoms with Crippen LogP contribution >= 0.6 is 11.6 Å². The van der Waals surface area contributed by atoms with E-state index in [0.717, 1.165) is 0 Å². The number of aromatic nitrogens is 3. The molecule has 0 bridgehead atoms. The molecule has 3 heterocycles. The Morgan fingerprint density at radius 2 is 2.28 bits per heavy atom. The first kappa shape index (κ1) is 17.7. The van der Waals surface area contributed by atoms with Gasteiger partial charge in [0.1, 0.15) is 17.2 Å². The van der Waals surface area contributed by atoms with Crippen LogP contribution in [0.1, 0.15) is 11.5 Å². The van der Waals surface area contributed by atoms with E-state index in [0.29, 0.717) is 42.5 Å². The molecule has 3 N–H and O–H groups in total. The van der Waals surface area contributed by atoms with Gasteiger partial charge in [0.05, 0.1) is 30.5 Å². The molecule has 0 radical (unpaired) electrons. The third-order valence-corrected chi connectivity index (χ3v) is 4.07. The van der Waals surface area contributed by atoms with Crippen molar-refractivity contribution in [2.75, 3.05) is 19.0 Å². The van der Waals surface area contributed by atoms with Gasteiger partial charge in [-0.1, -0.05) is 0 Å². The minimum atomic E-state index is -0.414. The molecule has 0 aliphatic carbocycles. The predicted octanol–water partition coefficient (Wildman–Crippen LogP) is 2.48. The fourth-order valence-electron chi connectivity index (χ4n) is 2.75. The maximum atomic E-state index is 15.0. The van der Waals surface area contributed by atoms with E-state index in [1.165, 1.54) is 0 Å². The number of methoxy groups -OCH3 is 1. The van der Waals surface area contributed by atoms with Crippen LogP contribution in [0.2, 0.25) is 5.28 Å². The van der Waals surface area contributed by atoms with Crippen LogP contribution in [0, 0.1) is 5.82 Å². The van der Waals surface area contributed by atoms with Gasteiger partial charge in [-0.25, -0.2) is 4.39 Å². The molecule has 1 atom stereocenters. The highest BCUT2D eigenvalue weighted by Gasteiger charge is 2.22. The van der Waals surface area contributed by atoms with Crippen LogP contribution in [0.5, 0.6) is 0 Å². The number of anilines is 1. The Morgan fingerprint density at radius 3 is 2.96 bits per heavy atom. The van der Waals surface area contributed by atoms with Crippen molar-refractivity contribution in [2.24, 2.45) is 12.8 Å². The first-order chi connectivity index (χ1) is 12.0. The third kappa shape index (κ3) is 3.60. The summed E-state index contributed by atoms with van der Waals surface area (Å²) in [6.07, 6.45) is 1.87. The Labute approximate surface area is 148 Å². The second kappa shape index (κ2) is 7.38. The van der Waals surface area contributed by atoms with Crippen LogP contribution in [0.3, 0.4) is 0 Å². The van der Waals surface area contributed by atoms with Gasteiger partial charge in [0.25, 0.3) is 0 Å². The molecule has 134 valence electrons. The summed E-state index contributed by atoms with van der Waals surface area (Å²) in [6, 6.07) is 3.26. The summed E-state index contributed by atoms with van der Waals surface area (Å²) in [7, 11) is 3.28. The Morgan fingerprint density at radius 1 is 1.48 bits per heavy atom. The van der Waals surface area contributed by atoms with E-state index >= 15 is 4.39 Å². The summed E-state index contributed by atoms with van der Waals surface area (Å²) in [4.78, 5) is 8.28. The quantitative estimate of drug-likeness (QED) is 0.623. The van der Waals surface area contributed by atoms with Crippen molar-refractivity contribution in [3.05, 3.63) is 41.0 Å². The van der Waals surface area contributed by atoms with E-state index in [-0.39, 0.29) is 16.7 Å². The number of hydrogen-bond donors (Lipinski definition) is 2. The standard InChI is InChI=1S/C16H19ClFN5O2/c1-23-11(6-9(19)8-24-2)13(18)12-14(21-16(17)22-15(12)23)20-7-10-4-3-5-25-10/h3-5,9H,6-8,19H2,1-2H3,(H,20,21,22)/t9-/m1/s1. The number of furan rings is 1. The van der Waals surface area contributed by atoms with Crippen molar-refractivity contribution in [2.45, 2.75) is 19.0 Å². The molecule has 0 aliphatic heterocycles. The molecule has 0 unspecified atom stereocenters. The highest BCUT2D eigenvalue weighted by molar-refractivity contribution is 6.28. The monoisotopic (exact) mass is 367 g/mol. The fourth-order valence-corrected chi connectivity index (χ4v) is 2.91. The van der Waals surface area contributed by atoms with Gasteiger partial charge in [0.2, 0.25) is 5.28 Å². The lowest BCUT2D eigenvalue weighted by atomic mass is 10.1. The van der Waals surface area contributed by atoms with Gasteiger partial charge in [0, 0.05) is 26.6 Å². The minimum absolute atomic E-state index is 0.0304. The molecule has 0 amide bonds. The average Bonchev–Trinajstić information content (AvgIpc) is 3.16. The van der Waals surface area contributed by atoms with E-state index in [1.807, 2.05) is 6.07 Å². The molecule has 0 aromatic carbocycles. The largest absolute Gasteiger partial charge is 0.467 e. The lowest BCUT2D eigenvalue weighted by Gasteiger charge is -2.11. The number of ether oxygens (including phenoxy) is 1. The maximum absolute atomic E-state index is 15.0. The molecule has 0 fully saturated rings. The van der Waals surface area contributed by atoms with Gasteiger partial charge in [-0.05, 0) is 23.7 Å². The molecular weight excluding hydrogens is 349 g/mol. The van der Waals surface area contributed by atoms with Crippen molar-refractivity contribution in [1.82, 2.24) is 14.5 Å². The first-order valence-electron chi connectivity index (χ1n) is 7.72. The van der Waals surface area contributed by atoms with Gasteiger partial charge < -0.3 is 24.8 Å². The molecular formula is C16H19ClFN5O2. The van der Waals surface area contributed by atoms with Gasteiger partial charge in [-0.15, -0.1) is 0 Å². The summed E-state index contributed by atoms with van der Waals surface area (Å²) < 4.78 is 27.0. The second-order valence-corrected chi connectivity index (χ2v) is 6.05. The zero-order valence-electron chi connectivity index (χ0n) is 13.9. The highest BCUT2D eigenvalue weighted by Crippen LogP contribution is 2.30. The molecule has 9 heteroatoms. The Hall–Kier alpha value is -2.16. The first-order valence-corrected chi connectivity index (χ1v) is 8.10. The van der Waals surface area contributed by atoms with Crippen molar-refractivity contribution in [3.63, 3.8) is 0 Å². The lowest BCUT2D eigenvalue weighted by molar-refractivity contribution is 0.179. The maximum Gasteiger partial charge on any atom is 0.226 e. The SMILES string of the molecule is COC[C@H](N)Cc1c(F)c2c(NCc3ccco3)nc(Cl)nc2n1C. The second-order valence-electron chi connectivity index (χ2n) is 5.71. The lowest BCUT2D eigenvalue weighted by Crippen LogP contribution is -2.29. The van der Waals surface area contributed by atoms with Crippen LogP contribution < -0.4 is 11.1 Å². The normalized spacial score (nSPS) is 12.7. The smallest absolute Gasteiger partial charge is 0.226 e. The highest BCUT2D eigenvalue weighted by atomic mass is 35.5. The number of nitrogens with one attached hydrogen (secondary N) is 1. The van der Waals surface area contributed by atoms with Crippen molar-refractivity contribution >= 4 is 28.5 Å². The Balaban J connectivity index is 1.99. The van der Waals surface area contributed by atoms with Gasteiger partial charge in [-0.3, -0.25) is 0 Å². The van der Waals surface area contributed by atoms with Gasteiger partial charge in [-0.2, -0.15) is 9.97 Å². The van der Waals surface area contributed by atoms with Gasteiger partial charge >= 0.3 is 0 Å². The number of aryl methyl sites for hydroxylation is 1. The molecule has 0 saturated carbocycles. The van der Waals surface area contributed by atoms with Crippen molar-refractivity contribution in [3.8, 4) is 0 Å². The number of nitrogens with zero attached hydrogens (tertiary/aromatic N) is 3. The molecule has 0 spiro atoms. The van der Waals surface area contributed by atoms with Crippen LogP contribution in [0.4, 0.5) is 10.2 Å². The summed E-state index contributed by atoms with van der Waals surface area (Å²) in [6.45, 7) is 0.680. The fraction of sp³-hybridized carbons (Fsp3) is 0.375. The van der Waals surface area contributed by atoms with E-state index in [9.17, 15) is 0 Å². The van der Waals surface area contributed by atoms with E-state index in [2.05, 4.69) is 15.3 Å². The number of halogens is 2. The zero-order valence-corrected chi connectivity index (χ0v) is 14.7. The van der Waals surface area contributed by atoms with E-state index in [1.54, 1.807) is 31.1 Å². The molecule has 3 aromatic rings. The summed E-state index contributed by atoms with van der Waals surface area (Å²) >= 11 is 6.01. The molecule has 25 heavy (non-hydrogen) atoms. The van der Waals surface area contributed by atoms with E-state index in [4.69, 9.17) is 26.5 Å². The van der Waals surface area contributed by atoms with Crippen LogP contribution in [-0.4, -0.2) is 34.3 Å². The molecule has 0 aliphatic rings. The van der Waals surface area contributed by atoms with Crippen molar-refractivity contribution in [1.29, 1.82) is 0 Å². The summed E-state index contributed by atoms with van der Waals surface area (Å²) in [5.41, 5.74) is 6.80. The molecule has 3 aromatic heterocycles. The topological polar surface area (TPSA) is 91.1 Å². The number of rotatable bonds is 7.